The molecule has 150 valence electrons. The van der Waals surface area contributed by atoms with Crippen molar-refractivity contribution in [3.63, 3.8) is 0 Å². The van der Waals surface area contributed by atoms with Gasteiger partial charge in [0, 0.05) is 35.7 Å². The van der Waals surface area contributed by atoms with Gasteiger partial charge in [0.2, 0.25) is 0 Å². The van der Waals surface area contributed by atoms with E-state index >= 15 is 0 Å². The predicted octanol–water partition coefficient (Wildman–Crippen LogP) is 4.32. The van der Waals surface area contributed by atoms with Gasteiger partial charge < -0.3 is 10.0 Å². The SMILES string of the molecule is O=C(Nc1nc(-c2ccccc2Cl)cs1)c1ccc(N2CCC(CO)CC2)cn1. The Kier molecular flexibility index (Phi) is 6.08. The number of pyridine rings is 1. The monoisotopic (exact) mass is 428 g/mol. The molecule has 1 aliphatic rings. The van der Waals surface area contributed by atoms with E-state index < -0.39 is 0 Å². The Morgan fingerprint density at radius 3 is 2.72 bits per heavy atom. The van der Waals surface area contributed by atoms with Crippen LogP contribution in [0.5, 0.6) is 0 Å². The van der Waals surface area contributed by atoms with E-state index in [0.717, 1.165) is 42.9 Å². The number of carbonyl (C=O) groups is 1. The number of amides is 1. The van der Waals surface area contributed by atoms with Gasteiger partial charge in [-0.15, -0.1) is 11.3 Å². The zero-order chi connectivity index (χ0) is 20.2. The van der Waals surface area contributed by atoms with E-state index in [0.29, 0.717) is 21.8 Å². The van der Waals surface area contributed by atoms with Crippen LogP contribution >= 0.6 is 22.9 Å². The first-order valence-corrected chi connectivity index (χ1v) is 10.7. The Balaban J connectivity index is 1.40. The summed E-state index contributed by atoms with van der Waals surface area (Å²) in [6.45, 7) is 2.03. The van der Waals surface area contributed by atoms with Gasteiger partial charge in [0.1, 0.15) is 5.69 Å². The van der Waals surface area contributed by atoms with Gasteiger partial charge >= 0.3 is 0 Å². The molecule has 1 aromatic carbocycles. The van der Waals surface area contributed by atoms with Crippen molar-refractivity contribution in [3.8, 4) is 11.3 Å². The highest BCUT2D eigenvalue weighted by Gasteiger charge is 2.19. The summed E-state index contributed by atoms with van der Waals surface area (Å²) in [6.07, 6.45) is 3.66. The number of aromatic nitrogens is 2. The summed E-state index contributed by atoms with van der Waals surface area (Å²) in [5.74, 6) is 0.0915. The second kappa shape index (κ2) is 8.90. The number of halogens is 1. The van der Waals surface area contributed by atoms with Crippen LogP contribution < -0.4 is 10.2 Å². The molecule has 0 spiro atoms. The maximum Gasteiger partial charge on any atom is 0.276 e. The summed E-state index contributed by atoms with van der Waals surface area (Å²) in [4.78, 5) is 23.5. The van der Waals surface area contributed by atoms with Gasteiger partial charge in [-0.25, -0.2) is 9.97 Å². The molecule has 8 heteroatoms. The number of piperidine rings is 1. The van der Waals surface area contributed by atoms with E-state index in [4.69, 9.17) is 11.6 Å². The first-order valence-electron chi connectivity index (χ1n) is 9.47. The highest BCUT2D eigenvalue weighted by molar-refractivity contribution is 7.14. The maximum atomic E-state index is 12.5. The van der Waals surface area contributed by atoms with E-state index in [1.54, 1.807) is 12.3 Å². The fourth-order valence-corrected chi connectivity index (χ4v) is 4.30. The van der Waals surface area contributed by atoms with Crippen LogP contribution in [0.1, 0.15) is 23.3 Å². The molecule has 1 saturated heterocycles. The third-order valence-electron chi connectivity index (χ3n) is 5.09. The Hall–Kier alpha value is -2.48. The molecular weight excluding hydrogens is 408 g/mol. The van der Waals surface area contributed by atoms with Crippen molar-refractivity contribution in [2.24, 2.45) is 5.92 Å². The number of anilines is 2. The quantitative estimate of drug-likeness (QED) is 0.632. The van der Waals surface area contributed by atoms with Crippen LogP contribution in [0.4, 0.5) is 10.8 Å². The lowest BCUT2D eigenvalue weighted by Gasteiger charge is -2.32. The lowest BCUT2D eigenvalue weighted by Crippen LogP contribution is -2.34. The number of aliphatic hydroxyl groups excluding tert-OH is 1. The van der Waals surface area contributed by atoms with E-state index in [1.165, 1.54) is 11.3 Å². The van der Waals surface area contributed by atoms with Crippen molar-refractivity contribution in [2.75, 3.05) is 29.9 Å². The maximum absolute atomic E-state index is 12.5. The second-order valence-electron chi connectivity index (χ2n) is 6.99. The molecule has 29 heavy (non-hydrogen) atoms. The fraction of sp³-hybridized carbons (Fsp3) is 0.286. The number of hydrogen-bond acceptors (Lipinski definition) is 6. The van der Waals surface area contributed by atoms with Crippen LogP contribution in [0.15, 0.2) is 48.0 Å². The van der Waals surface area contributed by atoms with Crippen LogP contribution in [0.25, 0.3) is 11.3 Å². The molecule has 2 aromatic heterocycles. The molecule has 4 rings (SSSR count). The minimum absolute atomic E-state index is 0.250. The Morgan fingerprint density at radius 2 is 2.03 bits per heavy atom. The highest BCUT2D eigenvalue weighted by atomic mass is 35.5. The molecule has 1 aliphatic heterocycles. The van der Waals surface area contributed by atoms with Gasteiger partial charge in [0.05, 0.1) is 17.6 Å². The van der Waals surface area contributed by atoms with E-state index in [-0.39, 0.29) is 12.5 Å². The summed E-state index contributed by atoms with van der Waals surface area (Å²) in [7, 11) is 0. The van der Waals surface area contributed by atoms with Crippen molar-refractivity contribution in [1.29, 1.82) is 0 Å². The Bertz CT molecular complexity index is 984. The highest BCUT2D eigenvalue weighted by Crippen LogP contribution is 2.30. The number of carbonyl (C=O) groups excluding carboxylic acids is 1. The lowest BCUT2D eigenvalue weighted by molar-refractivity contribution is 0.102. The van der Waals surface area contributed by atoms with Crippen molar-refractivity contribution in [2.45, 2.75) is 12.8 Å². The minimum Gasteiger partial charge on any atom is -0.396 e. The predicted molar refractivity (Wildman–Crippen MR) is 117 cm³/mol. The fourth-order valence-electron chi connectivity index (χ4n) is 3.37. The largest absolute Gasteiger partial charge is 0.396 e. The van der Waals surface area contributed by atoms with Crippen molar-refractivity contribution in [3.05, 3.63) is 58.7 Å². The number of nitrogens with zero attached hydrogens (tertiary/aromatic N) is 3. The number of rotatable bonds is 5. The molecule has 6 nitrogen and oxygen atoms in total. The molecule has 0 saturated carbocycles. The van der Waals surface area contributed by atoms with Crippen molar-refractivity contribution < 1.29 is 9.90 Å². The molecule has 0 atom stereocenters. The molecule has 1 amide bonds. The zero-order valence-corrected chi connectivity index (χ0v) is 17.3. The number of aliphatic hydroxyl groups is 1. The normalized spacial score (nSPS) is 14.8. The molecule has 0 unspecified atom stereocenters. The van der Waals surface area contributed by atoms with E-state index in [9.17, 15) is 9.90 Å². The van der Waals surface area contributed by atoms with Crippen LogP contribution in [0.2, 0.25) is 5.02 Å². The molecule has 1 fully saturated rings. The van der Waals surface area contributed by atoms with Crippen molar-refractivity contribution in [1.82, 2.24) is 9.97 Å². The number of benzene rings is 1. The average Bonchev–Trinajstić information content (AvgIpc) is 3.22. The third kappa shape index (κ3) is 4.58. The Morgan fingerprint density at radius 1 is 1.24 bits per heavy atom. The summed E-state index contributed by atoms with van der Waals surface area (Å²) in [6, 6.07) is 11.1. The van der Waals surface area contributed by atoms with Gasteiger partial charge in [0.15, 0.2) is 5.13 Å². The van der Waals surface area contributed by atoms with E-state index in [1.807, 2.05) is 35.7 Å². The number of hydrogen-bond donors (Lipinski definition) is 2. The van der Waals surface area contributed by atoms with E-state index in [2.05, 4.69) is 20.2 Å². The number of thiazole rings is 1. The second-order valence-corrected chi connectivity index (χ2v) is 8.25. The summed E-state index contributed by atoms with van der Waals surface area (Å²) >= 11 is 7.56. The molecule has 3 heterocycles. The third-order valence-corrected chi connectivity index (χ3v) is 6.18. The summed E-state index contributed by atoms with van der Waals surface area (Å²) < 4.78 is 0. The van der Waals surface area contributed by atoms with Crippen LogP contribution in [0.3, 0.4) is 0 Å². The Labute approximate surface area is 178 Å². The molecule has 0 aliphatic carbocycles. The molecule has 2 N–H and O–H groups in total. The topological polar surface area (TPSA) is 78.4 Å². The van der Waals surface area contributed by atoms with Crippen LogP contribution in [-0.4, -0.2) is 40.7 Å². The van der Waals surface area contributed by atoms with Crippen molar-refractivity contribution >= 4 is 39.7 Å². The molecule has 3 aromatic rings. The summed E-state index contributed by atoms with van der Waals surface area (Å²) in [5, 5.41) is 15.0. The standard InChI is InChI=1S/C21H21ClN4O2S/c22-17-4-2-1-3-16(17)19-13-29-21(24-19)25-20(28)18-6-5-15(11-23-18)26-9-7-14(12-27)8-10-26/h1-6,11,13-14,27H,7-10,12H2,(H,24,25,28). The summed E-state index contributed by atoms with van der Waals surface area (Å²) in [5.41, 5.74) is 2.89. The van der Waals surface area contributed by atoms with Gasteiger partial charge in [-0.2, -0.15) is 0 Å². The van der Waals surface area contributed by atoms with Gasteiger partial charge in [-0.1, -0.05) is 29.8 Å². The molecule has 0 bridgehead atoms. The first kappa shape index (κ1) is 19.8. The van der Waals surface area contributed by atoms with Gasteiger partial charge in [-0.05, 0) is 37.0 Å². The van der Waals surface area contributed by atoms with Crippen LogP contribution in [0, 0.1) is 5.92 Å². The zero-order valence-electron chi connectivity index (χ0n) is 15.7. The molecular formula is C21H21ClN4O2S. The minimum atomic E-state index is -0.296. The van der Waals surface area contributed by atoms with Gasteiger partial charge in [0.25, 0.3) is 5.91 Å². The average molecular weight is 429 g/mol. The number of nitrogens with one attached hydrogen (secondary N) is 1. The van der Waals surface area contributed by atoms with Crippen LogP contribution in [-0.2, 0) is 0 Å². The molecule has 0 radical (unpaired) electrons. The smallest absolute Gasteiger partial charge is 0.276 e. The first-order chi connectivity index (χ1) is 14.1. The lowest BCUT2D eigenvalue weighted by atomic mass is 9.98. The van der Waals surface area contributed by atoms with Gasteiger partial charge in [-0.3, -0.25) is 10.1 Å².